The van der Waals surface area contributed by atoms with Crippen molar-refractivity contribution in [3.63, 3.8) is 0 Å². The fraction of sp³-hybridized carbons (Fsp3) is 0.200. The van der Waals surface area contributed by atoms with Crippen LogP contribution >= 0.6 is 0 Å². The fourth-order valence-electron chi connectivity index (χ4n) is 1.85. The van der Waals surface area contributed by atoms with E-state index < -0.39 is 0 Å². The molecule has 0 unspecified atom stereocenters. The fourth-order valence-corrected chi connectivity index (χ4v) is 1.85. The molecule has 1 aromatic carbocycles. The topological polar surface area (TPSA) is 99.0 Å². The largest absolute Gasteiger partial charge is 0.399 e. The van der Waals surface area contributed by atoms with E-state index in [-0.39, 0.29) is 5.91 Å². The molecule has 1 aromatic heterocycles. The van der Waals surface area contributed by atoms with Crippen molar-refractivity contribution in [1.29, 1.82) is 0 Å². The van der Waals surface area contributed by atoms with Crippen LogP contribution in [0.5, 0.6) is 0 Å². The first-order valence-corrected chi connectivity index (χ1v) is 6.72. The molecule has 6 nitrogen and oxygen atoms in total. The third kappa shape index (κ3) is 4.68. The Kier molecular flexibility index (Phi) is 4.98. The number of benzene rings is 1. The minimum atomic E-state index is -0.151. The number of carbonyl (C=O) groups is 1. The van der Waals surface area contributed by atoms with Gasteiger partial charge in [-0.2, -0.15) is 0 Å². The number of nitrogen functional groups attached to an aromatic ring is 2. The number of aromatic nitrogens is 2. The highest BCUT2D eigenvalue weighted by Crippen LogP contribution is 2.16. The number of nitrogens with zero attached hydrogens (tertiary/aromatic N) is 2. The zero-order chi connectivity index (χ0) is 15.1. The van der Waals surface area contributed by atoms with E-state index in [2.05, 4.69) is 10.3 Å². The van der Waals surface area contributed by atoms with Gasteiger partial charge in [-0.15, -0.1) is 0 Å². The molecule has 0 radical (unpaired) electrons. The number of hydrogen-bond donors (Lipinski definition) is 3. The maximum absolute atomic E-state index is 11.7. The van der Waals surface area contributed by atoms with Crippen LogP contribution in [-0.2, 0) is 11.3 Å². The Hall–Kier alpha value is -2.76. The lowest BCUT2D eigenvalue weighted by molar-refractivity contribution is -0.116. The first-order valence-electron chi connectivity index (χ1n) is 6.72. The SMILES string of the molecule is Nc1ccc(N)c(C=CC(=O)NCCCn2ccnc2)c1. The van der Waals surface area contributed by atoms with Crippen LogP contribution < -0.4 is 16.8 Å². The zero-order valence-electron chi connectivity index (χ0n) is 11.7. The van der Waals surface area contributed by atoms with E-state index in [0.29, 0.717) is 17.9 Å². The van der Waals surface area contributed by atoms with Crippen molar-refractivity contribution < 1.29 is 4.79 Å². The van der Waals surface area contributed by atoms with Gasteiger partial charge in [0.05, 0.1) is 6.33 Å². The molecule has 0 spiro atoms. The molecule has 2 rings (SSSR count). The molecule has 21 heavy (non-hydrogen) atoms. The van der Waals surface area contributed by atoms with Gasteiger partial charge in [-0.1, -0.05) is 0 Å². The van der Waals surface area contributed by atoms with Crippen molar-refractivity contribution in [1.82, 2.24) is 14.9 Å². The average molecular weight is 285 g/mol. The van der Waals surface area contributed by atoms with Crippen LogP contribution in [-0.4, -0.2) is 22.0 Å². The number of nitrogens with one attached hydrogen (secondary N) is 1. The van der Waals surface area contributed by atoms with Gasteiger partial charge in [-0.05, 0) is 36.3 Å². The third-order valence-electron chi connectivity index (χ3n) is 2.98. The second kappa shape index (κ2) is 7.14. The number of anilines is 2. The molecular weight excluding hydrogens is 266 g/mol. The second-order valence-electron chi connectivity index (χ2n) is 4.67. The predicted molar refractivity (Wildman–Crippen MR) is 84.2 cm³/mol. The molecule has 0 aliphatic carbocycles. The normalized spacial score (nSPS) is 10.9. The Bertz CT molecular complexity index is 619. The molecule has 1 heterocycles. The molecule has 0 saturated heterocycles. The molecule has 5 N–H and O–H groups in total. The first-order chi connectivity index (χ1) is 10.1. The van der Waals surface area contributed by atoms with Gasteiger partial charge < -0.3 is 21.4 Å². The summed E-state index contributed by atoms with van der Waals surface area (Å²) >= 11 is 0. The van der Waals surface area contributed by atoms with Crippen LogP contribution in [0.1, 0.15) is 12.0 Å². The molecule has 0 atom stereocenters. The van der Waals surface area contributed by atoms with E-state index in [1.807, 2.05) is 10.8 Å². The predicted octanol–water partition coefficient (Wildman–Crippen LogP) is 1.27. The van der Waals surface area contributed by atoms with Gasteiger partial charge in [0.25, 0.3) is 0 Å². The number of carbonyl (C=O) groups excluding carboxylic acids is 1. The Balaban J connectivity index is 1.76. The van der Waals surface area contributed by atoms with Crippen LogP contribution in [0.25, 0.3) is 6.08 Å². The maximum atomic E-state index is 11.7. The van der Waals surface area contributed by atoms with Crippen LogP contribution in [0.4, 0.5) is 11.4 Å². The molecule has 6 heteroatoms. The highest BCUT2D eigenvalue weighted by molar-refractivity contribution is 5.92. The van der Waals surface area contributed by atoms with Crippen molar-refractivity contribution in [3.05, 3.63) is 48.6 Å². The van der Waals surface area contributed by atoms with Crippen molar-refractivity contribution >= 4 is 23.4 Å². The van der Waals surface area contributed by atoms with E-state index in [9.17, 15) is 4.79 Å². The Morgan fingerprint density at radius 1 is 1.38 bits per heavy atom. The maximum Gasteiger partial charge on any atom is 0.244 e. The van der Waals surface area contributed by atoms with Crippen molar-refractivity contribution in [3.8, 4) is 0 Å². The van der Waals surface area contributed by atoms with Gasteiger partial charge in [0, 0.05) is 42.9 Å². The van der Waals surface area contributed by atoms with E-state index in [1.54, 1.807) is 36.8 Å². The number of aryl methyl sites for hydroxylation is 1. The smallest absolute Gasteiger partial charge is 0.244 e. The molecular formula is C15H19N5O. The second-order valence-corrected chi connectivity index (χ2v) is 4.67. The molecule has 1 amide bonds. The minimum absolute atomic E-state index is 0.151. The summed E-state index contributed by atoms with van der Waals surface area (Å²) in [7, 11) is 0. The highest BCUT2D eigenvalue weighted by atomic mass is 16.1. The molecule has 0 saturated carbocycles. The van der Waals surface area contributed by atoms with Crippen molar-refractivity contribution in [2.24, 2.45) is 0 Å². The highest BCUT2D eigenvalue weighted by Gasteiger charge is 1.98. The molecule has 0 aliphatic rings. The summed E-state index contributed by atoms with van der Waals surface area (Å²) in [5.74, 6) is -0.151. The Morgan fingerprint density at radius 3 is 3.00 bits per heavy atom. The monoisotopic (exact) mass is 285 g/mol. The summed E-state index contributed by atoms with van der Waals surface area (Å²) in [6.45, 7) is 1.43. The summed E-state index contributed by atoms with van der Waals surface area (Å²) in [4.78, 5) is 15.6. The average Bonchev–Trinajstić information content (AvgIpc) is 2.98. The number of imidazole rings is 1. The minimum Gasteiger partial charge on any atom is -0.399 e. The lowest BCUT2D eigenvalue weighted by Crippen LogP contribution is -2.23. The zero-order valence-corrected chi connectivity index (χ0v) is 11.7. The van der Waals surface area contributed by atoms with Gasteiger partial charge in [-0.25, -0.2) is 4.98 Å². The van der Waals surface area contributed by atoms with Crippen LogP contribution in [0.15, 0.2) is 43.0 Å². The standard InChI is InChI=1S/C15H19N5O/c16-13-3-4-14(17)12(10-13)2-5-15(21)19-6-1-8-20-9-7-18-11-20/h2-5,7,9-11H,1,6,8,16-17H2,(H,19,21). The lowest BCUT2D eigenvalue weighted by atomic mass is 10.1. The van der Waals surface area contributed by atoms with Gasteiger partial charge >= 0.3 is 0 Å². The van der Waals surface area contributed by atoms with Gasteiger partial charge in [0.15, 0.2) is 0 Å². The number of nitrogens with two attached hydrogens (primary N) is 2. The Morgan fingerprint density at radius 2 is 2.24 bits per heavy atom. The summed E-state index contributed by atoms with van der Waals surface area (Å²) in [6, 6.07) is 5.18. The van der Waals surface area contributed by atoms with Crippen LogP contribution in [0.3, 0.4) is 0 Å². The van der Waals surface area contributed by atoms with Crippen LogP contribution in [0, 0.1) is 0 Å². The van der Waals surface area contributed by atoms with Crippen molar-refractivity contribution in [2.75, 3.05) is 18.0 Å². The van der Waals surface area contributed by atoms with Gasteiger partial charge in [0.2, 0.25) is 5.91 Å². The van der Waals surface area contributed by atoms with Crippen molar-refractivity contribution in [2.45, 2.75) is 13.0 Å². The summed E-state index contributed by atoms with van der Waals surface area (Å²) in [5.41, 5.74) is 13.4. The molecule has 0 aliphatic heterocycles. The lowest BCUT2D eigenvalue weighted by Gasteiger charge is -2.04. The molecule has 2 aromatic rings. The summed E-state index contributed by atoms with van der Waals surface area (Å²) in [6.07, 6.45) is 9.35. The summed E-state index contributed by atoms with van der Waals surface area (Å²) in [5, 5.41) is 2.82. The van der Waals surface area contributed by atoms with Gasteiger partial charge in [0.1, 0.15) is 0 Å². The molecule has 0 bridgehead atoms. The molecule has 110 valence electrons. The Labute approximate surface area is 123 Å². The first kappa shape index (κ1) is 14.6. The number of amides is 1. The van der Waals surface area contributed by atoms with E-state index in [0.717, 1.165) is 18.5 Å². The van der Waals surface area contributed by atoms with E-state index in [4.69, 9.17) is 11.5 Å². The summed E-state index contributed by atoms with van der Waals surface area (Å²) < 4.78 is 1.97. The van der Waals surface area contributed by atoms with E-state index in [1.165, 1.54) is 6.08 Å². The quantitative estimate of drug-likeness (QED) is 0.423. The van der Waals surface area contributed by atoms with E-state index >= 15 is 0 Å². The number of rotatable bonds is 6. The van der Waals surface area contributed by atoms with Gasteiger partial charge in [-0.3, -0.25) is 4.79 Å². The number of hydrogen-bond acceptors (Lipinski definition) is 4. The third-order valence-corrected chi connectivity index (χ3v) is 2.98. The molecule has 0 fully saturated rings. The van der Waals surface area contributed by atoms with Crippen LogP contribution in [0.2, 0.25) is 0 Å².